The first-order valence-electron chi connectivity index (χ1n) is 9.74. The van der Waals surface area contributed by atoms with E-state index in [-0.39, 0.29) is 0 Å². The van der Waals surface area contributed by atoms with Gasteiger partial charge < -0.3 is 9.84 Å². The maximum absolute atomic E-state index is 11.7. The zero-order valence-electron chi connectivity index (χ0n) is 17.0. The van der Waals surface area contributed by atoms with Crippen molar-refractivity contribution in [2.75, 3.05) is 0 Å². The van der Waals surface area contributed by atoms with Gasteiger partial charge in [0.25, 0.3) is 0 Å². The van der Waals surface area contributed by atoms with Gasteiger partial charge in [-0.3, -0.25) is 0 Å². The fourth-order valence-corrected chi connectivity index (χ4v) is 3.44. The third kappa shape index (κ3) is 4.09. The van der Waals surface area contributed by atoms with Crippen molar-refractivity contribution in [2.45, 2.75) is 52.4 Å². The highest BCUT2D eigenvalue weighted by atomic mass is 16.5. The van der Waals surface area contributed by atoms with Gasteiger partial charge in [0.1, 0.15) is 24.0 Å². The molecular weight excluding hydrogens is 350 g/mol. The van der Waals surface area contributed by atoms with Crippen LogP contribution in [0.1, 0.15) is 46.8 Å². The molecule has 1 aromatic heterocycles. The van der Waals surface area contributed by atoms with Crippen molar-refractivity contribution in [3.05, 3.63) is 67.3 Å². The average Bonchev–Trinajstić information content (AvgIpc) is 3.21. The summed E-state index contributed by atoms with van der Waals surface area (Å²) in [5.74, 6) is 0.680. The molecule has 0 bridgehead atoms. The molecule has 2 unspecified atom stereocenters. The first kappa shape index (κ1) is 20.1. The molecule has 28 heavy (non-hydrogen) atoms. The van der Waals surface area contributed by atoms with Crippen molar-refractivity contribution in [1.82, 2.24) is 14.8 Å². The minimum absolute atomic E-state index is 0.413. The molecular formula is C23H29N3O2. The van der Waals surface area contributed by atoms with E-state index in [9.17, 15) is 5.11 Å². The monoisotopic (exact) mass is 379 g/mol. The number of hydrogen-bond acceptors (Lipinski definition) is 4. The molecule has 0 spiro atoms. The lowest BCUT2D eigenvalue weighted by atomic mass is 9.72. The lowest BCUT2D eigenvalue weighted by Gasteiger charge is -2.45. The van der Waals surface area contributed by atoms with Crippen LogP contribution in [0.4, 0.5) is 0 Å². The van der Waals surface area contributed by atoms with E-state index in [1.54, 1.807) is 11.0 Å². The standard InChI is InChI=1S/C23H29N3O2/c1-5-15-23(27,22(2,3)4)21(26-17-24-16-25-26)28-20-13-11-19(12-14-20)18-9-7-6-8-10-18/h6-14,16-17,21,27H,5,15H2,1-4H3. The number of hydrogen-bond donors (Lipinski definition) is 1. The Hall–Kier alpha value is -2.66. The number of aromatic nitrogens is 3. The first-order chi connectivity index (χ1) is 13.3. The summed E-state index contributed by atoms with van der Waals surface area (Å²) in [6, 6.07) is 18.1. The Morgan fingerprint density at radius 1 is 1.00 bits per heavy atom. The molecule has 0 amide bonds. The van der Waals surface area contributed by atoms with Crippen molar-refractivity contribution in [2.24, 2.45) is 5.41 Å². The fourth-order valence-electron chi connectivity index (χ4n) is 3.44. The molecule has 0 aliphatic carbocycles. The molecule has 5 nitrogen and oxygen atoms in total. The van der Waals surface area contributed by atoms with Crippen LogP contribution < -0.4 is 4.74 Å². The normalized spacial score (nSPS) is 15.0. The van der Waals surface area contributed by atoms with Crippen molar-refractivity contribution in [1.29, 1.82) is 0 Å². The minimum atomic E-state index is -1.12. The lowest BCUT2D eigenvalue weighted by molar-refractivity contribution is -0.170. The van der Waals surface area contributed by atoms with Crippen LogP contribution in [0.3, 0.4) is 0 Å². The van der Waals surface area contributed by atoms with Crippen LogP contribution in [-0.4, -0.2) is 25.5 Å². The number of benzene rings is 2. The molecule has 0 saturated carbocycles. The second-order valence-corrected chi connectivity index (χ2v) is 8.16. The van der Waals surface area contributed by atoms with Gasteiger partial charge in [0, 0.05) is 0 Å². The van der Waals surface area contributed by atoms with Crippen LogP contribution >= 0.6 is 0 Å². The van der Waals surface area contributed by atoms with Crippen LogP contribution in [0.15, 0.2) is 67.3 Å². The van der Waals surface area contributed by atoms with Crippen LogP contribution in [0.2, 0.25) is 0 Å². The maximum Gasteiger partial charge on any atom is 0.222 e. The molecule has 1 N–H and O–H groups in total. The summed E-state index contributed by atoms with van der Waals surface area (Å²) in [7, 11) is 0. The summed E-state index contributed by atoms with van der Waals surface area (Å²) in [5.41, 5.74) is 0.737. The summed E-state index contributed by atoms with van der Waals surface area (Å²) in [4.78, 5) is 4.05. The summed E-state index contributed by atoms with van der Waals surface area (Å²) in [6.07, 6.45) is 3.79. The van der Waals surface area contributed by atoms with E-state index in [2.05, 4.69) is 29.1 Å². The second-order valence-electron chi connectivity index (χ2n) is 8.16. The maximum atomic E-state index is 11.7. The Bertz CT molecular complexity index is 855. The lowest BCUT2D eigenvalue weighted by Crippen LogP contribution is -2.52. The predicted molar refractivity (Wildman–Crippen MR) is 111 cm³/mol. The Labute approximate surface area is 167 Å². The van der Waals surface area contributed by atoms with E-state index in [4.69, 9.17) is 4.74 Å². The van der Waals surface area contributed by atoms with Gasteiger partial charge in [-0.15, -0.1) is 0 Å². The Balaban J connectivity index is 1.92. The molecule has 0 aliphatic rings. The van der Waals surface area contributed by atoms with Crippen LogP contribution in [0, 0.1) is 5.41 Å². The number of aliphatic hydroxyl groups is 1. The molecule has 1 heterocycles. The van der Waals surface area contributed by atoms with Gasteiger partial charge in [-0.2, -0.15) is 5.10 Å². The molecule has 0 saturated heterocycles. The van der Waals surface area contributed by atoms with Crippen molar-refractivity contribution >= 4 is 0 Å². The molecule has 0 aliphatic heterocycles. The van der Waals surface area contributed by atoms with Gasteiger partial charge >= 0.3 is 0 Å². The highest BCUT2D eigenvalue weighted by Gasteiger charge is 2.49. The zero-order chi connectivity index (χ0) is 20.2. The van der Waals surface area contributed by atoms with Crippen molar-refractivity contribution in [3.63, 3.8) is 0 Å². The molecule has 0 radical (unpaired) electrons. The smallest absolute Gasteiger partial charge is 0.222 e. The second kappa shape index (κ2) is 8.15. The molecule has 2 atom stereocenters. The van der Waals surface area contributed by atoms with E-state index in [1.165, 1.54) is 6.33 Å². The Morgan fingerprint density at radius 3 is 2.18 bits per heavy atom. The van der Waals surface area contributed by atoms with Crippen LogP contribution in [-0.2, 0) is 0 Å². The molecule has 0 fully saturated rings. The van der Waals surface area contributed by atoms with E-state index < -0.39 is 17.2 Å². The van der Waals surface area contributed by atoms with E-state index in [0.717, 1.165) is 17.5 Å². The van der Waals surface area contributed by atoms with Gasteiger partial charge in [0.2, 0.25) is 6.23 Å². The molecule has 3 rings (SSSR count). The zero-order valence-corrected chi connectivity index (χ0v) is 17.0. The van der Waals surface area contributed by atoms with Crippen molar-refractivity contribution < 1.29 is 9.84 Å². The van der Waals surface area contributed by atoms with Gasteiger partial charge in [0.15, 0.2) is 0 Å². The van der Waals surface area contributed by atoms with E-state index >= 15 is 0 Å². The summed E-state index contributed by atoms with van der Waals surface area (Å²) >= 11 is 0. The number of rotatable bonds is 7. The minimum Gasteiger partial charge on any atom is -0.466 e. The van der Waals surface area contributed by atoms with Crippen LogP contribution in [0.25, 0.3) is 11.1 Å². The SMILES string of the molecule is CCCC(O)(C(Oc1ccc(-c2ccccc2)cc1)n1cncn1)C(C)(C)C. The predicted octanol–water partition coefficient (Wildman–Crippen LogP) is 5.10. The summed E-state index contributed by atoms with van der Waals surface area (Å²) < 4.78 is 7.91. The van der Waals surface area contributed by atoms with Gasteiger partial charge in [0.05, 0.1) is 0 Å². The third-order valence-electron chi connectivity index (χ3n) is 5.22. The Morgan fingerprint density at radius 2 is 1.64 bits per heavy atom. The average molecular weight is 380 g/mol. The Kier molecular flexibility index (Phi) is 5.84. The highest BCUT2D eigenvalue weighted by Crippen LogP contribution is 2.43. The first-order valence-corrected chi connectivity index (χ1v) is 9.74. The van der Waals surface area contributed by atoms with E-state index in [0.29, 0.717) is 12.2 Å². The number of nitrogens with zero attached hydrogens (tertiary/aromatic N) is 3. The topological polar surface area (TPSA) is 60.2 Å². The van der Waals surface area contributed by atoms with E-state index in [1.807, 2.05) is 63.2 Å². The molecule has 3 aromatic rings. The molecule has 5 heteroatoms. The van der Waals surface area contributed by atoms with Crippen LogP contribution in [0.5, 0.6) is 5.75 Å². The number of ether oxygens (including phenoxy) is 1. The fraction of sp³-hybridized carbons (Fsp3) is 0.391. The summed E-state index contributed by atoms with van der Waals surface area (Å²) in [6.45, 7) is 8.13. The van der Waals surface area contributed by atoms with Crippen molar-refractivity contribution in [3.8, 4) is 16.9 Å². The van der Waals surface area contributed by atoms with Gasteiger partial charge in [-0.25, -0.2) is 9.67 Å². The molecule has 2 aromatic carbocycles. The molecule has 148 valence electrons. The highest BCUT2D eigenvalue weighted by molar-refractivity contribution is 5.63. The third-order valence-corrected chi connectivity index (χ3v) is 5.22. The van der Waals surface area contributed by atoms with Gasteiger partial charge in [-0.1, -0.05) is 76.6 Å². The quantitative estimate of drug-likeness (QED) is 0.620. The largest absolute Gasteiger partial charge is 0.466 e. The van der Waals surface area contributed by atoms with Gasteiger partial charge in [-0.05, 0) is 35.1 Å². The summed E-state index contributed by atoms with van der Waals surface area (Å²) in [5, 5.41) is 15.9.